The van der Waals surface area contributed by atoms with Crippen molar-refractivity contribution in [1.29, 1.82) is 0 Å². The maximum absolute atomic E-state index is 12.4. The van der Waals surface area contributed by atoms with Crippen LogP contribution in [0.1, 0.15) is 27.2 Å². The minimum Gasteiger partial charge on any atom is -0.396 e. The fourth-order valence-electron chi connectivity index (χ4n) is 2.69. The summed E-state index contributed by atoms with van der Waals surface area (Å²) in [6.07, 6.45) is 0.622. The summed E-state index contributed by atoms with van der Waals surface area (Å²) in [6.45, 7) is 4.21. The van der Waals surface area contributed by atoms with Crippen molar-refractivity contribution in [2.24, 2.45) is 0 Å². The lowest BCUT2D eigenvalue weighted by Gasteiger charge is -2.07. The third-order valence-corrected chi connectivity index (χ3v) is 4.18. The van der Waals surface area contributed by atoms with Gasteiger partial charge in [-0.15, -0.1) is 0 Å². The van der Waals surface area contributed by atoms with Crippen LogP contribution < -0.4 is 5.32 Å². The van der Waals surface area contributed by atoms with Crippen LogP contribution in [0.15, 0.2) is 42.5 Å². The van der Waals surface area contributed by atoms with Gasteiger partial charge in [-0.1, -0.05) is 12.1 Å². The van der Waals surface area contributed by atoms with Gasteiger partial charge in [-0.2, -0.15) is 0 Å². The number of H-pyrrole nitrogens is 1. The molecule has 23 heavy (non-hydrogen) atoms. The summed E-state index contributed by atoms with van der Waals surface area (Å²) in [5.41, 5.74) is 5.77. The molecular formula is C19H20N2O2. The zero-order valence-corrected chi connectivity index (χ0v) is 13.3. The fourth-order valence-corrected chi connectivity index (χ4v) is 2.69. The number of aromatic nitrogens is 1. The molecule has 3 aromatic rings. The monoisotopic (exact) mass is 308 g/mol. The number of anilines is 1. The molecule has 0 saturated heterocycles. The SMILES string of the molecule is Cc1[nH]c2ccc(C(=O)Nc3ccc(CCO)cc3)cc2c1C. The van der Waals surface area contributed by atoms with Gasteiger partial charge >= 0.3 is 0 Å². The fraction of sp³-hybridized carbons (Fsp3) is 0.211. The molecule has 1 heterocycles. The van der Waals surface area contributed by atoms with Gasteiger partial charge in [-0.3, -0.25) is 4.79 Å². The molecule has 0 saturated carbocycles. The minimum atomic E-state index is -0.125. The van der Waals surface area contributed by atoms with Crippen molar-refractivity contribution in [2.45, 2.75) is 20.3 Å². The van der Waals surface area contributed by atoms with Crippen LogP contribution in [0.4, 0.5) is 5.69 Å². The number of aryl methyl sites for hydroxylation is 2. The van der Waals surface area contributed by atoms with Gasteiger partial charge in [0.15, 0.2) is 0 Å². The Morgan fingerprint density at radius 1 is 1.13 bits per heavy atom. The third-order valence-electron chi connectivity index (χ3n) is 4.18. The number of hydrogen-bond acceptors (Lipinski definition) is 2. The Bertz CT molecular complexity index is 848. The van der Waals surface area contributed by atoms with Gasteiger partial charge in [-0.05, 0) is 61.7 Å². The molecule has 0 bridgehead atoms. The Hall–Kier alpha value is -2.59. The first-order valence-corrected chi connectivity index (χ1v) is 7.68. The Labute approximate surface area is 135 Å². The smallest absolute Gasteiger partial charge is 0.255 e. The number of hydrogen-bond donors (Lipinski definition) is 3. The van der Waals surface area contributed by atoms with Gasteiger partial charge in [-0.25, -0.2) is 0 Å². The summed E-state index contributed by atoms with van der Waals surface area (Å²) in [6, 6.07) is 13.2. The number of aliphatic hydroxyl groups is 1. The van der Waals surface area contributed by atoms with E-state index in [9.17, 15) is 4.79 Å². The predicted molar refractivity (Wildman–Crippen MR) is 93.0 cm³/mol. The number of benzene rings is 2. The van der Waals surface area contributed by atoms with Gasteiger partial charge in [0, 0.05) is 34.5 Å². The first-order valence-electron chi connectivity index (χ1n) is 7.68. The van der Waals surface area contributed by atoms with E-state index in [0.29, 0.717) is 12.0 Å². The molecule has 2 aromatic carbocycles. The molecule has 4 nitrogen and oxygen atoms in total. The van der Waals surface area contributed by atoms with Crippen molar-refractivity contribution in [3.63, 3.8) is 0 Å². The molecule has 1 amide bonds. The van der Waals surface area contributed by atoms with E-state index in [-0.39, 0.29) is 12.5 Å². The lowest BCUT2D eigenvalue weighted by Crippen LogP contribution is -2.11. The minimum absolute atomic E-state index is 0.125. The molecule has 0 aliphatic heterocycles. The second-order valence-electron chi connectivity index (χ2n) is 5.76. The van der Waals surface area contributed by atoms with Gasteiger partial charge in [0.1, 0.15) is 0 Å². The van der Waals surface area contributed by atoms with Gasteiger partial charge < -0.3 is 15.4 Å². The summed E-state index contributed by atoms with van der Waals surface area (Å²) in [5, 5.41) is 12.9. The van der Waals surface area contributed by atoms with Crippen molar-refractivity contribution >= 4 is 22.5 Å². The van der Waals surface area contributed by atoms with E-state index in [2.05, 4.69) is 17.2 Å². The zero-order valence-electron chi connectivity index (χ0n) is 13.3. The van der Waals surface area contributed by atoms with Crippen LogP contribution in [0, 0.1) is 13.8 Å². The zero-order chi connectivity index (χ0) is 16.4. The van der Waals surface area contributed by atoms with E-state index in [0.717, 1.165) is 27.8 Å². The molecule has 1 aromatic heterocycles. The number of rotatable bonds is 4. The maximum Gasteiger partial charge on any atom is 0.255 e. The highest BCUT2D eigenvalue weighted by atomic mass is 16.2. The molecule has 0 unspecified atom stereocenters. The highest BCUT2D eigenvalue weighted by Crippen LogP contribution is 2.23. The van der Waals surface area contributed by atoms with Gasteiger partial charge in [0.2, 0.25) is 0 Å². The topological polar surface area (TPSA) is 65.1 Å². The highest BCUT2D eigenvalue weighted by molar-refractivity contribution is 6.06. The molecule has 0 atom stereocenters. The van der Waals surface area contributed by atoms with E-state index in [1.54, 1.807) is 0 Å². The Balaban J connectivity index is 1.81. The van der Waals surface area contributed by atoms with Crippen molar-refractivity contribution < 1.29 is 9.90 Å². The Morgan fingerprint density at radius 3 is 2.57 bits per heavy atom. The van der Waals surface area contributed by atoms with Crippen molar-refractivity contribution in [2.75, 3.05) is 11.9 Å². The number of nitrogens with one attached hydrogen (secondary N) is 2. The third kappa shape index (κ3) is 3.12. The predicted octanol–water partition coefficient (Wildman–Crippen LogP) is 3.57. The molecule has 0 aliphatic rings. The van der Waals surface area contributed by atoms with Crippen LogP contribution in [-0.4, -0.2) is 22.6 Å². The molecule has 4 heteroatoms. The lowest BCUT2D eigenvalue weighted by atomic mass is 10.1. The quantitative estimate of drug-likeness (QED) is 0.690. The standard InChI is InChI=1S/C19H20N2O2/c1-12-13(2)20-18-8-5-15(11-17(12)18)19(23)21-16-6-3-14(4-7-16)9-10-22/h3-8,11,20,22H,9-10H2,1-2H3,(H,21,23). The first kappa shape index (κ1) is 15.3. The van der Waals surface area contributed by atoms with Crippen LogP contribution in [-0.2, 0) is 6.42 Å². The van der Waals surface area contributed by atoms with Gasteiger partial charge in [0.25, 0.3) is 5.91 Å². The Kier molecular flexibility index (Phi) is 4.17. The van der Waals surface area contributed by atoms with E-state index in [1.807, 2.05) is 49.4 Å². The average molecular weight is 308 g/mol. The highest BCUT2D eigenvalue weighted by Gasteiger charge is 2.10. The first-order chi connectivity index (χ1) is 11.1. The second kappa shape index (κ2) is 6.26. The van der Waals surface area contributed by atoms with E-state index in [1.165, 1.54) is 5.56 Å². The molecule has 118 valence electrons. The van der Waals surface area contributed by atoms with E-state index >= 15 is 0 Å². The summed E-state index contributed by atoms with van der Waals surface area (Å²) in [5.74, 6) is -0.125. The van der Waals surface area contributed by atoms with Crippen LogP contribution >= 0.6 is 0 Å². The summed E-state index contributed by atoms with van der Waals surface area (Å²) in [7, 11) is 0. The normalized spacial score (nSPS) is 10.9. The second-order valence-corrected chi connectivity index (χ2v) is 5.76. The number of fused-ring (bicyclic) bond motifs is 1. The van der Waals surface area contributed by atoms with Crippen LogP contribution in [0.3, 0.4) is 0 Å². The Morgan fingerprint density at radius 2 is 1.87 bits per heavy atom. The molecule has 0 radical (unpaired) electrons. The lowest BCUT2D eigenvalue weighted by molar-refractivity contribution is 0.102. The van der Waals surface area contributed by atoms with Crippen molar-refractivity contribution in [3.05, 3.63) is 64.8 Å². The van der Waals surface area contributed by atoms with Gasteiger partial charge in [0.05, 0.1) is 0 Å². The molecule has 3 rings (SSSR count). The maximum atomic E-state index is 12.4. The molecule has 3 N–H and O–H groups in total. The van der Waals surface area contributed by atoms with Crippen LogP contribution in [0.5, 0.6) is 0 Å². The molecule has 0 spiro atoms. The summed E-state index contributed by atoms with van der Waals surface area (Å²) >= 11 is 0. The average Bonchev–Trinajstić information content (AvgIpc) is 2.84. The van der Waals surface area contributed by atoms with E-state index in [4.69, 9.17) is 5.11 Å². The number of aliphatic hydroxyl groups excluding tert-OH is 1. The number of carbonyl (C=O) groups excluding carboxylic acids is 1. The number of carbonyl (C=O) groups is 1. The number of aromatic amines is 1. The summed E-state index contributed by atoms with van der Waals surface area (Å²) in [4.78, 5) is 15.7. The van der Waals surface area contributed by atoms with Crippen LogP contribution in [0.25, 0.3) is 10.9 Å². The largest absolute Gasteiger partial charge is 0.396 e. The van der Waals surface area contributed by atoms with Crippen molar-refractivity contribution in [3.8, 4) is 0 Å². The van der Waals surface area contributed by atoms with Crippen molar-refractivity contribution in [1.82, 2.24) is 4.98 Å². The van der Waals surface area contributed by atoms with E-state index < -0.39 is 0 Å². The van der Waals surface area contributed by atoms with Crippen LogP contribution in [0.2, 0.25) is 0 Å². The summed E-state index contributed by atoms with van der Waals surface area (Å²) < 4.78 is 0. The molecule has 0 aliphatic carbocycles. The molecular weight excluding hydrogens is 288 g/mol. The number of amides is 1. The molecule has 0 fully saturated rings.